The van der Waals surface area contributed by atoms with E-state index in [0.29, 0.717) is 23.7 Å². The molecule has 0 aromatic heterocycles. The summed E-state index contributed by atoms with van der Waals surface area (Å²) in [5.41, 5.74) is 45.2. The molecule has 23 aromatic rings. The van der Waals surface area contributed by atoms with Crippen LogP contribution in [0.3, 0.4) is 0 Å². The van der Waals surface area contributed by atoms with Crippen LogP contribution in [0.1, 0.15) is 101 Å². The predicted molar refractivity (Wildman–Crippen MR) is 622 cm³/mol. The lowest BCUT2D eigenvalue weighted by molar-refractivity contribution is 0.867. The number of hydrogen-bond acceptors (Lipinski definition) is 0. The Balaban J connectivity index is 0.000000117. The van der Waals surface area contributed by atoms with E-state index in [1.165, 1.54) is 233 Å². The first-order chi connectivity index (χ1) is 70.7. The Bertz CT molecular complexity index is 7840. The van der Waals surface area contributed by atoms with Crippen molar-refractivity contribution >= 4 is 32.3 Å². The standard InChI is InChI=1S/3C37H30.C33H28/c2*1-26(2)27-17-19-30(20-18-27)34-21-22-35(37-16-10-9-15-36(34)37)33-24-31(28-11-5-3-6-12-28)23-32(25-33)29-13-7-4-8-14-29;1-26(2)34-21-22-35(37-16-10-9-15-36(34)37)33-24-31(28-13-7-4-8-14-28)23-32(25-33)30-19-17-29(18-20-30)27-11-5-3-6-12-27;1-24(2)25-13-15-28(16-14-25)29-17-19-30(20-18-29)33-22-31(26-9-5-3-6-10-26)21-32(23-33)27-11-7-4-8-12-27/h3*3-26H,1-2H3;3-24H,1-2H3. The zero-order valence-corrected chi connectivity index (χ0v) is 83.3. The lowest BCUT2D eigenvalue weighted by atomic mass is 9.88. The molecule has 0 spiro atoms. The van der Waals surface area contributed by atoms with E-state index in [2.05, 4.69) is 601 Å². The topological polar surface area (TPSA) is 0 Å². The Labute approximate surface area is 851 Å². The molecule has 0 amide bonds. The third-order valence-corrected chi connectivity index (χ3v) is 28.1. The molecule has 23 aromatic carbocycles. The molecular weight excluding hydrogens is 1730 g/mol. The molecule has 0 unspecified atom stereocenters. The largest absolute Gasteiger partial charge is 0.0622 e. The van der Waals surface area contributed by atoms with Gasteiger partial charge in [-0.2, -0.15) is 0 Å². The van der Waals surface area contributed by atoms with Crippen LogP contribution in [0.2, 0.25) is 0 Å². The monoisotopic (exact) mass is 1850 g/mol. The summed E-state index contributed by atoms with van der Waals surface area (Å²) >= 11 is 0. The van der Waals surface area contributed by atoms with Crippen molar-refractivity contribution in [3.05, 3.63) is 568 Å². The normalized spacial score (nSPS) is 11.2. The average Bonchev–Trinajstić information content (AvgIpc) is 0.766. The molecule has 0 bridgehead atoms. The second-order valence-electron chi connectivity index (χ2n) is 38.9. The van der Waals surface area contributed by atoms with Crippen molar-refractivity contribution in [3.8, 4) is 178 Å². The zero-order valence-electron chi connectivity index (χ0n) is 83.3. The second-order valence-corrected chi connectivity index (χ2v) is 38.9. The Hall–Kier alpha value is -17.2. The Morgan fingerprint density at radius 2 is 0.236 bits per heavy atom. The van der Waals surface area contributed by atoms with E-state index < -0.39 is 0 Å². The van der Waals surface area contributed by atoms with Crippen molar-refractivity contribution in [2.45, 2.75) is 79.1 Å². The molecule has 0 N–H and O–H groups in total. The van der Waals surface area contributed by atoms with Gasteiger partial charge in [0.05, 0.1) is 0 Å². The molecule has 694 valence electrons. The van der Waals surface area contributed by atoms with Crippen molar-refractivity contribution in [1.82, 2.24) is 0 Å². The second kappa shape index (κ2) is 44.1. The minimum absolute atomic E-state index is 0.480. The van der Waals surface area contributed by atoms with Crippen LogP contribution in [0.25, 0.3) is 210 Å². The average molecular weight is 1850 g/mol. The summed E-state index contributed by atoms with van der Waals surface area (Å²) in [6.07, 6.45) is 0. The molecule has 0 saturated heterocycles. The first kappa shape index (κ1) is 94.4. The van der Waals surface area contributed by atoms with Crippen LogP contribution in [0.15, 0.2) is 546 Å². The Kier molecular flexibility index (Phi) is 28.9. The summed E-state index contributed by atoms with van der Waals surface area (Å²) < 4.78 is 0. The van der Waals surface area contributed by atoms with Gasteiger partial charge in [0.2, 0.25) is 0 Å². The fourth-order valence-corrected chi connectivity index (χ4v) is 20.1. The van der Waals surface area contributed by atoms with Crippen LogP contribution >= 0.6 is 0 Å². The fraction of sp³-hybridized carbons (Fsp3) is 0.0833. The fourth-order valence-electron chi connectivity index (χ4n) is 20.1. The molecule has 0 aliphatic heterocycles. The van der Waals surface area contributed by atoms with Gasteiger partial charge in [0.25, 0.3) is 0 Å². The summed E-state index contributed by atoms with van der Waals surface area (Å²) in [4.78, 5) is 0. The van der Waals surface area contributed by atoms with Crippen molar-refractivity contribution in [2.24, 2.45) is 0 Å². The predicted octanol–water partition coefficient (Wildman–Crippen LogP) is 41.4. The lowest BCUT2D eigenvalue weighted by Crippen LogP contribution is -1.92. The van der Waals surface area contributed by atoms with Crippen molar-refractivity contribution in [2.75, 3.05) is 0 Å². The van der Waals surface area contributed by atoms with Crippen molar-refractivity contribution in [1.29, 1.82) is 0 Å². The SMILES string of the molecule is CC(C)c1ccc(-c2cc(-c3ccccc3)cc(-c3ccc(-c4ccccc4)cc3)c2)c2ccccc12.CC(C)c1ccc(-c2ccc(-c3cc(-c4ccccc4)cc(-c4ccccc4)c3)c3ccccc23)cc1.CC(C)c1ccc(-c2ccc(-c3cc(-c4ccccc4)cc(-c4ccccc4)c3)c3ccccc23)cc1.CC(C)c1ccc(-c2ccc(-c3cc(-c4ccccc4)cc(-c4ccccc4)c3)cc2)cc1. The summed E-state index contributed by atoms with van der Waals surface area (Å²) in [7, 11) is 0. The smallest absolute Gasteiger partial charge is 0.00992 e. The van der Waals surface area contributed by atoms with Gasteiger partial charge in [-0.3, -0.25) is 0 Å². The van der Waals surface area contributed by atoms with Crippen molar-refractivity contribution in [3.63, 3.8) is 0 Å². The molecular formula is C144H118. The first-order valence-electron chi connectivity index (χ1n) is 50.8. The number of fused-ring (bicyclic) bond motifs is 3. The highest BCUT2D eigenvalue weighted by molar-refractivity contribution is 6.08. The van der Waals surface area contributed by atoms with Gasteiger partial charge in [-0.25, -0.2) is 0 Å². The third kappa shape index (κ3) is 21.7. The number of rotatable bonds is 20. The molecule has 0 radical (unpaired) electrons. The van der Waals surface area contributed by atoms with E-state index in [-0.39, 0.29) is 0 Å². The molecule has 0 nitrogen and oxygen atoms in total. The van der Waals surface area contributed by atoms with Gasteiger partial charge >= 0.3 is 0 Å². The maximum Gasteiger partial charge on any atom is -0.00992 e. The van der Waals surface area contributed by atoms with Gasteiger partial charge in [-0.15, -0.1) is 0 Å². The molecule has 0 saturated carbocycles. The maximum atomic E-state index is 2.35. The molecule has 0 atom stereocenters. The quantitative estimate of drug-likeness (QED) is 0.0713. The molecule has 0 heteroatoms. The van der Waals surface area contributed by atoms with Gasteiger partial charge < -0.3 is 0 Å². The molecule has 144 heavy (non-hydrogen) atoms. The summed E-state index contributed by atoms with van der Waals surface area (Å²) in [6.45, 7) is 18.0. The van der Waals surface area contributed by atoms with E-state index in [0.717, 1.165) is 0 Å². The van der Waals surface area contributed by atoms with Gasteiger partial charge in [-0.05, 0) is 329 Å². The third-order valence-electron chi connectivity index (χ3n) is 28.1. The van der Waals surface area contributed by atoms with Crippen LogP contribution in [-0.2, 0) is 0 Å². The van der Waals surface area contributed by atoms with E-state index in [1.54, 1.807) is 0 Å². The minimum Gasteiger partial charge on any atom is -0.0622 e. The van der Waals surface area contributed by atoms with Gasteiger partial charge in [0, 0.05) is 0 Å². The Morgan fingerprint density at radius 1 is 0.0972 bits per heavy atom. The summed E-state index contributed by atoms with van der Waals surface area (Å²) in [5, 5.41) is 7.76. The molecule has 0 fully saturated rings. The van der Waals surface area contributed by atoms with Crippen LogP contribution in [0.5, 0.6) is 0 Å². The van der Waals surface area contributed by atoms with E-state index in [1.807, 2.05) is 0 Å². The molecule has 0 aliphatic carbocycles. The van der Waals surface area contributed by atoms with E-state index >= 15 is 0 Å². The van der Waals surface area contributed by atoms with Crippen molar-refractivity contribution < 1.29 is 0 Å². The summed E-state index contributed by atoms with van der Waals surface area (Å²) in [5.74, 6) is 2.10. The zero-order chi connectivity index (χ0) is 98.2. The minimum atomic E-state index is 0.480. The summed E-state index contributed by atoms with van der Waals surface area (Å²) in [6, 6.07) is 198. The van der Waals surface area contributed by atoms with Crippen LogP contribution < -0.4 is 0 Å². The highest BCUT2D eigenvalue weighted by Gasteiger charge is 2.20. The molecule has 0 heterocycles. The highest BCUT2D eigenvalue weighted by atomic mass is 14.2. The molecule has 23 rings (SSSR count). The number of benzene rings is 23. The Morgan fingerprint density at radius 3 is 0.438 bits per heavy atom. The van der Waals surface area contributed by atoms with Crippen LogP contribution in [-0.4, -0.2) is 0 Å². The van der Waals surface area contributed by atoms with E-state index in [9.17, 15) is 0 Å². The van der Waals surface area contributed by atoms with Gasteiger partial charge in [0.1, 0.15) is 0 Å². The van der Waals surface area contributed by atoms with Gasteiger partial charge in [0.15, 0.2) is 0 Å². The van der Waals surface area contributed by atoms with Gasteiger partial charge in [-0.1, -0.05) is 529 Å². The first-order valence-corrected chi connectivity index (χ1v) is 50.8. The lowest BCUT2D eigenvalue weighted by Gasteiger charge is -2.16. The molecule has 0 aliphatic rings. The highest BCUT2D eigenvalue weighted by Crippen LogP contribution is 2.46. The van der Waals surface area contributed by atoms with Crippen LogP contribution in [0, 0.1) is 0 Å². The van der Waals surface area contributed by atoms with Crippen LogP contribution in [0.4, 0.5) is 0 Å². The maximum absolute atomic E-state index is 2.35. The number of hydrogen-bond donors (Lipinski definition) is 0. The van der Waals surface area contributed by atoms with E-state index in [4.69, 9.17) is 0 Å².